The maximum Gasteiger partial charge on any atom is 0.321 e. The molecule has 5 rings (SSSR count). The number of imide groups is 1. The van der Waals surface area contributed by atoms with E-state index >= 15 is 0 Å². The van der Waals surface area contributed by atoms with Crippen LogP contribution in [0.2, 0.25) is 0 Å². The summed E-state index contributed by atoms with van der Waals surface area (Å²) in [5.41, 5.74) is -1.37. The van der Waals surface area contributed by atoms with Gasteiger partial charge in [-0.15, -0.1) is 0 Å². The molecular formula is C23H18N2O6S. The van der Waals surface area contributed by atoms with Crippen molar-refractivity contribution in [1.29, 1.82) is 0 Å². The van der Waals surface area contributed by atoms with Crippen molar-refractivity contribution >= 4 is 38.6 Å². The third kappa shape index (κ3) is 2.58. The average molecular weight is 450 g/mol. The second kappa shape index (κ2) is 6.98. The van der Waals surface area contributed by atoms with Gasteiger partial charge in [0.25, 0.3) is 5.91 Å². The Kier molecular flexibility index (Phi) is 4.44. The fraction of sp³-hybridized carbons (Fsp3) is 0.174. The van der Waals surface area contributed by atoms with Gasteiger partial charge >= 0.3 is 5.97 Å². The Hall–Kier alpha value is -3.56. The highest BCUT2D eigenvalue weighted by atomic mass is 32.2. The minimum absolute atomic E-state index is 0.0829. The Balaban J connectivity index is 1.75. The number of carbonyl (C=O) groups is 3. The van der Waals surface area contributed by atoms with Crippen LogP contribution in [-0.4, -0.2) is 37.6 Å². The van der Waals surface area contributed by atoms with Crippen molar-refractivity contribution in [2.24, 2.45) is 5.92 Å². The van der Waals surface area contributed by atoms with Crippen LogP contribution in [0.1, 0.15) is 11.1 Å². The van der Waals surface area contributed by atoms with Gasteiger partial charge in [0.1, 0.15) is 0 Å². The van der Waals surface area contributed by atoms with Crippen LogP contribution in [0, 0.1) is 5.92 Å². The predicted octanol–water partition coefficient (Wildman–Crippen LogP) is 1.69. The Morgan fingerprint density at radius 3 is 2.47 bits per heavy atom. The molecule has 2 atom stereocenters. The zero-order valence-electron chi connectivity index (χ0n) is 16.9. The number of fused-ring (bicyclic) bond motifs is 3. The van der Waals surface area contributed by atoms with Gasteiger partial charge < -0.3 is 4.74 Å². The van der Waals surface area contributed by atoms with Crippen molar-refractivity contribution < 1.29 is 27.5 Å². The molecule has 2 heterocycles. The van der Waals surface area contributed by atoms with Crippen LogP contribution in [0.5, 0.6) is 0 Å². The van der Waals surface area contributed by atoms with Gasteiger partial charge in [-0.1, -0.05) is 54.6 Å². The number of hydrogen-bond acceptors (Lipinski definition) is 6. The molecule has 0 bridgehead atoms. The van der Waals surface area contributed by atoms with Crippen LogP contribution < -0.4 is 5.32 Å². The number of nitrogens with one attached hydrogen (secondary N) is 1. The van der Waals surface area contributed by atoms with E-state index in [0.29, 0.717) is 5.56 Å². The van der Waals surface area contributed by atoms with Gasteiger partial charge in [-0.05, 0) is 28.5 Å². The van der Waals surface area contributed by atoms with Gasteiger partial charge in [-0.2, -0.15) is 4.31 Å². The molecule has 0 aliphatic carbocycles. The van der Waals surface area contributed by atoms with E-state index in [1.807, 2.05) is 36.4 Å². The number of hydrogen-bond donors (Lipinski definition) is 1. The molecule has 2 amide bonds. The van der Waals surface area contributed by atoms with Crippen LogP contribution in [0.25, 0.3) is 10.8 Å². The summed E-state index contributed by atoms with van der Waals surface area (Å²) in [6, 6.07) is 19.0. The summed E-state index contributed by atoms with van der Waals surface area (Å²) in [4.78, 5) is 38.5. The van der Waals surface area contributed by atoms with Gasteiger partial charge in [0.2, 0.25) is 15.9 Å². The average Bonchev–Trinajstić information content (AvgIpc) is 3.16. The lowest BCUT2D eigenvalue weighted by molar-refractivity contribution is -0.154. The van der Waals surface area contributed by atoms with Crippen molar-refractivity contribution in [3.05, 3.63) is 77.9 Å². The highest BCUT2D eigenvalue weighted by Crippen LogP contribution is 2.52. The van der Waals surface area contributed by atoms with Gasteiger partial charge in [0, 0.05) is 12.1 Å². The smallest absolute Gasteiger partial charge is 0.321 e. The van der Waals surface area contributed by atoms with Crippen LogP contribution >= 0.6 is 0 Å². The summed E-state index contributed by atoms with van der Waals surface area (Å²) < 4.78 is 33.0. The number of nitrogens with zero attached hydrogens (tertiary/aromatic N) is 1. The lowest BCUT2D eigenvalue weighted by atomic mass is 9.79. The summed E-state index contributed by atoms with van der Waals surface area (Å²) in [6.45, 7) is -0.212. The molecule has 9 heteroatoms. The predicted molar refractivity (Wildman–Crippen MR) is 113 cm³/mol. The first-order valence-electron chi connectivity index (χ1n) is 9.85. The van der Waals surface area contributed by atoms with E-state index in [-0.39, 0.29) is 17.0 Å². The maximum atomic E-state index is 13.6. The molecule has 1 N–H and O–H groups in total. The quantitative estimate of drug-likeness (QED) is 0.369. The Morgan fingerprint density at radius 1 is 1.03 bits per heavy atom. The molecule has 0 saturated carbocycles. The molecule has 2 aliphatic rings. The molecule has 3 aromatic carbocycles. The first-order chi connectivity index (χ1) is 15.3. The Bertz CT molecular complexity index is 1420. The third-order valence-electron chi connectivity index (χ3n) is 6.10. The summed E-state index contributed by atoms with van der Waals surface area (Å²) in [5.74, 6) is -4.41. The highest BCUT2D eigenvalue weighted by Gasteiger charge is 2.70. The molecule has 3 aromatic rings. The molecule has 8 nitrogen and oxygen atoms in total. The summed E-state index contributed by atoms with van der Waals surface area (Å²) in [5, 5.41) is 4.02. The van der Waals surface area contributed by atoms with Gasteiger partial charge in [0.05, 0.1) is 12.0 Å². The topological polar surface area (TPSA) is 110 Å². The van der Waals surface area contributed by atoms with E-state index < -0.39 is 39.3 Å². The summed E-state index contributed by atoms with van der Waals surface area (Å²) in [6.07, 6.45) is 0. The van der Waals surface area contributed by atoms with Crippen LogP contribution in [-0.2, 0) is 41.2 Å². The zero-order chi connectivity index (χ0) is 22.7. The fourth-order valence-corrected chi connectivity index (χ4v) is 6.67. The second-order valence-corrected chi connectivity index (χ2v) is 9.56. The fourth-order valence-electron chi connectivity index (χ4n) is 4.69. The van der Waals surface area contributed by atoms with E-state index in [4.69, 9.17) is 4.74 Å². The summed E-state index contributed by atoms with van der Waals surface area (Å²) >= 11 is 0. The number of methoxy groups -OCH3 is 1. The SMILES string of the molecule is COC(=O)C1C(=O)NC(=O)C12c1ccccc1S(=O)(=O)N2Cc1ccc2ccccc2c1. The number of carbonyl (C=O) groups excluding carboxylic acids is 3. The zero-order valence-corrected chi connectivity index (χ0v) is 17.8. The molecule has 1 saturated heterocycles. The molecule has 32 heavy (non-hydrogen) atoms. The molecule has 0 radical (unpaired) electrons. The molecule has 1 fully saturated rings. The van der Waals surface area contributed by atoms with Gasteiger partial charge in [0.15, 0.2) is 11.5 Å². The first kappa shape index (κ1) is 20.3. The number of ether oxygens (including phenoxy) is 1. The van der Waals surface area contributed by atoms with Gasteiger partial charge in [-0.25, -0.2) is 8.42 Å². The molecule has 2 aliphatic heterocycles. The van der Waals surface area contributed by atoms with Crippen molar-refractivity contribution in [2.45, 2.75) is 17.0 Å². The molecule has 0 aromatic heterocycles. The van der Waals surface area contributed by atoms with Crippen LogP contribution in [0.3, 0.4) is 0 Å². The lowest BCUT2D eigenvalue weighted by Crippen LogP contribution is -2.54. The molecule has 2 unspecified atom stereocenters. The lowest BCUT2D eigenvalue weighted by Gasteiger charge is -2.34. The molecule has 1 spiro atoms. The molecule has 162 valence electrons. The van der Waals surface area contributed by atoms with Crippen LogP contribution in [0.15, 0.2) is 71.6 Å². The van der Waals surface area contributed by atoms with Crippen molar-refractivity contribution in [1.82, 2.24) is 9.62 Å². The summed E-state index contributed by atoms with van der Waals surface area (Å²) in [7, 11) is -3.12. The second-order valence-electron chi connectivity index (χ2n) is 7.73. The third-order valence-corrected chi connectivity index (χ3v) is 8.01. The number of benzene rings is 3. The van der Waals surface area contributed by atoms with Crippen molar-refractivity contribution in [2.75, 3.05) is 7.11 Å². The highest BCUT2D eigenvalue weighted by molar-refractivity contribution is 7.89. The number of rotatable bonds is 3. The number of sulfonamides is 1. The van der Waals surface area contributed by atoms with E-state index in [1.165, 1.54) is 18.2 Å². The number of amides is 2. The van der Waals surface area contributed by atoms with E-state index in [0.717, 1.165) is 22.2 Å². The Morgan fingerprint density at radius 2 is 1.72 bits per heavy atom. The van der Waals surface area contributed by atoms with Crippen LogP contribution in [0.4, 0.5) is 0 Å². The van der Waals surface area contributed by atoms with E-state index in [2.05, 4.69) is 5.32 Å². The van der Waals surface area contributed by atoms with Crippen molar-refractivity contribution in [3.63, 3.8) is 0 Å². The molecular weight excluding hydrogens is 432 g/mol. The maximum absolute atomic E-state index is 13.6. The number of esters is 1. The Labute approximate surface area is 183 Å². The minimum atomic E-state index is -4.21. The first-order valence-corrected chi connectivity index (χ1v) is 11.3. The van der Waals surface area contributed by atoms with E-state index in [1.54, 1.807) is 12.1 Å². The normalized spacial score (nSPS) is 24.0. The minimum Gasteiger partial charge on any atom is -0.468 e. The standard InChI is InChI=1S/C23H18N2O6S/c1-31-21(27)19-20(26)24-22(28)23(19)17-8-4-5-9-18(17)32(29,30)25(23)13-14-10-11-15-6-2-3-7-16(15)12-14/h2-12,19H,13H2,1H3,(H,24,26,28). The van der Waals surface area contributed by atoms with E-state index in [9.17, 15) is 22.8 Å². The van der Waals surface area contributed by atoms with Crippen molar-refractivity contribution in [3.8, 4) is 0 Å². The van der Waals surface area contributed by atoms with Gasteiger partial charge in [-0.3, -0.25) is 19.7 Å². The largest absolute Gasteiger partial charge is 0.468 e. The monoisotopic (exact) mass is 450 g/mol.